The molecule has 0 bridgehead atoms. The number of carbonyl (C=O) groups is 1. The van der Waals surface area contributed by atoms with Crippen LogP contribution in [0.2, 0.25) is 10.2 Å². The van der Waals surface area contributed by atoms with Crippen LogP contribution >= 0.6 is 23.2 Å². The van der Waals surface area contributed by atoms with Crippen molar-refractivity contribution in [3.63, 3.8) is 0 Å². The van der Waals surface area contributed by atoms with Crippen molar-refractivity contribution in [2.45, 2.75) is 6.18 Å². The molecule has 0 unspecified atom stereocenters. The Morgan fingerprint density at radius 2 is 1.77 bits per heavy atom. The summed E-state index contributed by atoms with van der Waals surface area (Å²) in [5, 5.41) is 10.9. The number of hydrogen-bond acceptors (Lipinski definition) is 5. The zero-order valence-corrected chi connectivity index (χ0v) is 14.0. The molecule has 0 spiro atoms. The molecule has 0 saturated carbocycles. The lowest BCUT2D eigenvalue weighted by Crippen LogP contribution is -2.13. The molecule has 0 radical (unpaired) electrons. The monoisotopic (exact) mass is 402 g/mol. The predicted octanol–water partition coefficient (Wildman–Crippen LogP) is 4.21. The smallest absolute Gasteiger partial charge is 0.419 e. The molecule has 0 aliphatic rings. The van der Waals surface area contributed by atoms with Gasteiger partial charge in [-0.3, -0.25) is 0 Å². The molecule has 134 valence electrons. The van der Waals surface area contributed by atoms with Gasteiger partial charge in [-0.2, -0.15) is 18.3 Å². The molecule has 0 amide bonds. The van der Waals surface area contributed by atoms with Crippen molar-refractivity contribution < 1.29 is 22.7 Å². The summed E-state index contributed by atoms with van der Waals surface area (Å²) < 4.78 is 44.1. The van der Waals surface area contributed by atoms with Crippen LogP contribution in [-0.4, -0.2) is 25.9 Å². The summed E-state index contributed by atoms with van der Waals surface area (Å²) in [6, 6.07) is 7.72. The van der Waals surface area contributed by atoms with Crippen molar-refractivity contribution in [2.75, 3.05) is 0 Å². The Morgan fingerprint density at radius 1 is 1.08 bits per heavy atom. The van der Waals surface area contributed by atoms with Gasteiger partial charge < -0.3 is 4.74 Å². The minimum absolute atomic E-state index is 0.115. The van der Waals surface area contributed by atoms with Gasteiger partial charge in [-0.15, -0.1) is 10.2 Å². The third-order valence-electron chi connectivity index (χ3n) is 3.09. The molecule has 3 rings (SSSR count). The highest BCUT2D eigenvalue weighted by molar-refractivity contribution is 6.30. The highest BCUT2D eigenvalue weighted by atomic mass is 35.5. The Labute approximate surface area is 154 Å². The first-order valence-corrected chi connectivity index (χ1v) is 7.64. The maximum Gasteiger partial charge on any atom is 0.435 e. The number of hydrogen-bond donors (Lipinski definition) is 0. The van der Waals surface area contributed by atoms with Crippen molar-refractivity contribution in [3.05, 3.63) is 64.0 Å². The number of benzene rings is 1. The Balaban J connectivity index is 1.95. The van der Waals surface area contributed by atoms with Crippen molar-refractivity contribution in [1.82, 2.24) is 20.0 Å². The highest BCUT2D eigenvalue weighted by Crippen LogP contribution is 2.29. The first-order chi connectivity index (χ1) is 12.2. The van der Waals surface area contributed by atoms with E-state index in [1.165, 1.54) is 24.3 Å². The third-order valence-corrected chi connectivity index (χ3v) is 3.53. The van der Waals surface area contributed by atoms with Crippen molar-refractivity contribution in [3.8, 4) is 11.6 Å². The maximum atomic E-state index is 12.7. The molecule has 0 aliphatic carbocycles. The van der Waals surface area contributed by atoms with Gasteiger partial charge in [0.15, 0.2) is 16.6 Å². The fraction of sp³-hybridized carbons (Fsp3) is 0.0667. The molecule has 26 heavy (non-hydrogen) atoms. The van der Waals surface area contributed by atoms with Crippen LogP contribution in [0.3, 0.4) is 0 Å². The highest BCUT2D eigenvalue weighted by Gasteiger charge is 2.34. The van der Waals surface area contributed by atoms with E-state index in [1.807, 2.05) is 0 Å². The van der Waals surface area contributed by atoms with E-state index in [4.69, 9.17) is 27.9 Å². The van der Waals surface area contributed by atoms with Crippen molar-refractivity contribution in [2.24, 2.45) is 0 Å². The summed E-state index contributed by atoms with van der Waals surface area (Å²) >= 11 is 11.5. The first kappa shape index (κ1) is 18.2. The topological polar surface area (TPSA) is 69.9 Å². The van der Waals surface area contributed by atoms with E-state index in [1.54, 1.807) is 0 Å². The number of halogens is 5. The second-order valence-corrected chi connectivity index (χ2v) is 5.72. The molecule has 0 fully saturated rings. The molecule has 0 saturated heterocycles. The Bertz CT molecular complexity index is 958. The lowest BCUT2D eigenvalue weighted by molar-refractivity contribution is -0.141. The molecule has 3 aromatic rings. The van der Waals surface area contributed by atoms with E-state index < -0.39 is 17.8 Å². The van der Waals surface area contributed by atoms with Crippen molar-refractivity contribution in [1.29, 1.82) is 0 Å². The normalized spacial score (nSPS) is 11.4. The second kappa shape index (κ2) is 6.93. The SMILES string of the molecule is O=C(Oc1cc(Cl)nnc1-n1ccc(C(F)(F)F)n1)c1ccc(Cl)cc1. The zero-order chi connectivity index (χ0) is 18.9. The van der Waals surface area contributed by atoms with E-state index in [9.17, 15) is 18.0 Å². The van der Waals surface area contributed by atoms with Crippen molar-refractivity contribution >= 4 is 29.2 Å². The van der Waals surface area contributed by atoms with Gasteiger partial charge in [0, 0.05) is 17.3 Å². The van der Waals surface area contributed by atoms with Gasteiger partial charge in [0.2, 0.25) is 5.82 Å². The average molecular weight is 403 g/mol. The number of esters is 1. The molecular formula is C15H7Cl2F3N4O2. The van der Waals surface area contributed by atoms with E-state index in [-0.39, 0.29) is 22.3 Å². The molecular weight excluding hydrogens is 396 g/mol. The number of carbonyl (C=O) groups excluding carboxylic acids is 1. The van der Waals surface area contributed by atoms with Crippen LogP contribution in [0.15, 0.2) is 42.6 Å². The number of ether oxygens (including phenoxy) is 1. The number of rotatable bonds is 3. The Kier molecular flexibility index (Phi) is 4.84. The lowest BCUT2D eigenvalue weighted by atomic mass is 10.2. The summed E-state index contributed by atoms with van der Waals surface area (Å²) in [6.07, 6.45) is -3.62. The van der Waals surface area contributed by atoms with Crippen LogP contribution in [0.4, 0.5) is 13.2 Å². The van der Waals surface area contributed by atoms with Gasteiger partial charge in [-0.05, 0) is 30.3 Å². The molecule has 6 nitrogen and oxygen atoms in total. The van der Waals surface area contributed by atoms with Gasteiger partial charge >= 0.3 is 12.1 Å². The molecule has 2 heterocycles. The number of nitrogens with zero attached hydrogens (tertiary/aromatic N) is 4. The van der Waals surface area contributed by atoms with Crippen LogP contribution in [0.25, 0.3) is 5.82 Å². The summed E-state index contributed by atoms with van der Waals surface area (Å²) in [4.78, 5) is 12.2. The standard InChI is InChI=1S/C15H7Cl2F3N4O2/c16-9-3-1-8(2-4-9)14(25)26-10-7-12(17)21-22-13(10)24-6-5-11(23-24)15(18,19)20/h1-7H. The van der Waals surface area contributed by atoms with Gasteiger partial charge in [-0.25, -0.2) is 9.48 Å². The van der Waals surface area contributed by atoms with E-state index in [0.29, 0.717) is 5.02 Å². The largest absolute Gasteiger partial charge is 0.435 e. The van der Waals surface area contributed by atoms with Crippen LogP contribution in [-0.2, 0) is 6.18 Å². The van der Waals surface area contributed by atoms with Crippen LogP contribution in [0.1, 0.15) is 16.1 Å². The zero-order valence-electron chi connectivity index (χ0n) is 12.5. The molecule has 0 atom stereocenters. The summed E-state index contributed by atoms with van der Waals surface area (Å²) in [5.74, 6) is -1.22. The number of aromatic nitrogens is 4. The molecule has 0 aliphatic heterocycles. The van der Waals surface area contributed by atoms with Gasteiger partial charge in [0.25, 0.3) is 0 Å². The van der Waals surface area contributed by atoms with Crippen LogP contribution < -0.4 is 4.74 Å². The summed E-state index contributed by atoms with van der Waals surface area (Å²) in [6.45, 7) is 0. The Morgan fingerprint density at radius 3 is 2.38 bits per heavy atom. The van der Waals surface area contributed by atoms with E-state index >= 15 is 0 Å². The van der Waals surface area contributed by atoms with Gasteiger partial charge in [0.1, 0.15) is 0 Å². The van der Waals surface area contributed by atoms with Gasteiger partial charge in [-0.1, -0.05) is 23.2 Å². The van der Waals surface area contributed by atoms with Crippen LogP contribution in [0.5, 0.6) is 5.75 Å². The average Bonchev–Trinajstić information content (AvgIpc) is 3.05. The third kappa shape index (κ3) is 3.94. The Hall–Kier alpha value is -2.65. The minimum atomic E-state index is -4.63. The maximum absolute atomic E-state index is 12.7. The summed E-state index contributed by atoms with van der Waals surface area (Å²) in [7, 11) is 0. The van der Waals surface area contributed by atoms with Gasteiger partial charge in [0.05, 0.1) is 5.56 Å². The fourth-order valence-corrected chi connectivity index (χ4v) is 2.18. The van der Waals surface area contributed by atoms with E-state index in [2.05, 4.69) is 15.3 Å². The van der Waals surface area contributed by atoms with Crippen LogP contribution in [0, 0.1) is 0 Å². The second-order valence-electron chi connectivity index (χ2n) is 4.89. The number of alkyl halides is 3. The fourth-order valence-electron chi connectivity index (χ4n) is 1.92. The summed E-state index contributed by atoms with van der Waals surface area (Å²) in [5.41, 5.74) is -0.964. The van der Waals surface area contributed by atoms with E-state index in [0.717, 1.165) is 23.0 Å². The predicted molar refractivity (Wildman–Crippen MR) is 85.6 cm³/mol. The quantitative estimate of drug-likeness (QED) is 0.613. The molecule has 11 heteroatoms. The molecule has 1 aromatic carbocycles. The molecule has 2 aromatic heterocycles. The minimum Gasteiger partial charge on any atom is -0.419 e. The first-order valence-electron chi connectivity index (χ1n) is 6.88. The lowest BCUT2D eigenvalue weighted by Gasteiger charge is -2.09. The molecule has 0 N–H and O–H groups in total.